The van der Waals surface area contributed by atoms with E-state index < -0.39 is 0 Å². The van der Waals surface area contributed by atoms with Crippen molar-refractivity contribution in [1.82, 2.24) is 19.0 Å². The van der Waals surface area contributed by atoms with Gasteiger partial charge in [0.15, 0.2) is 0 Å². The van der Waals surface area contributed by atoms with Gasteiger partial charge in [-0.1, -0.05) is 30.3 Å². The SMILES string of the molecule is Cc1cn(-c2ccccc2)c(C)c1CN1CCC(n2cnc3ccccc32)CC1. The van der Waals surface area contributed by atoms with Crippen molar-refractivity contribution >= 4 is 11.0 Å². The van der Waals surface area contributed by atoms with Crippen LogP contribution in [0.4, 0.5) is 0 Å². The fraction of sp³-hybridized carbons (Fsp3) is 0.320. The summed E-state index contributed by atoms with van der Waals surface area (Å²) < 4.78 is 4.71. The molecule has 29 heavy (non-hydrogen) atoms. The highest BCUT2D eigenvalue weighted by atomic mass is 15.2. The highest BCUT2D eigenvalue weighted by Gasteiger charge is 2.23. The summed E-state index contributed by atoms with van der Waals surface area (Å²) in [6.07, 6.45) is 6.67. The number of imidazole rings is 1. The van der Waals surface area contributed by atoms with Crippen LogP contribution in [0.2, 0.25) is 0 Å². The van der Waals surface area contributed by atoms with Gasteiger partial charge in [0.2, 0.25) is 0 Å². The maximum absolute atomic E-state index is 4.58. The van der Waals surface area contributed by atoms with Crippen LogP contribution in [0, 0.1) is 13.8 Å². The molecule has 2 aromatic heterocycles. The number of rotatable bonds is 4. The van der Waals surface area contributed by atoms with Crippen molar-refractivity contribution in [2.75, 3.05) is 13.1 Å². The quantitative estimate of drug-likeness (QED) is 0.478. The van der Waals surface area contributed by atoms with E-state index in [0.717, 1.165) is 25.2 Å². The fourth-order valence-electron chi connectivity index (χ4n) is 4.74. The summed E-state index contributed by atoms with van der Waals surface area (Å²) in [5.74, 6) is 0. The Morgan fingerprint density at radius 1 is 0.931 bits per heavy atom. The Morgan fingerprint density at radius 2 is 1.66 bits per heavy atom. The van der Waals surface area contributed by atoms with Crippen molar-refractivity contribution in [2.24, 2.45) is 0 Å². The molecule has 4 heteroatoms. The molecule has 0 radical (unpaired) electrons. The maximum Gasteiger partial charge on any atom is 0.0960 e. The topological polar surface area (TPSA) is 26.0 Å². The molecule has 4 nitrogen and oxygen atoms in total. The van der Waals surface area contributed by atoms with E-state index in [1.807, 2.05) is 6.33 Å². The number of hydrogen-bond donors (Lipinski definition) is 0. The zero-order valence-corrected chi connectivity index (χ0v) is 17.3. The first-order chi connectivity index (χ1) is 14.2. The van der Waals surface area contributed by atoms with Gasteiger partial charge in [0.1, 0.15) is 0 Å². The third kappa shape index (κ3) is 3.38. The highest BCUT2D eigenvalue weighted by Crippen LogP contribution is 2.29. The van der Waals surface area contributed by atoms with Gasteiger partial charge in [0.05, 0.1) is 17.4 Å². The number of likely N-dealkylation sites (tertiary alicyclic amines) is 1. The molecule has 1 aliphatic heterocycles. The summed E-state index contributed by atoms with van der Waals surface area (Å²) in [7, 11) is 0. The van der Waals surface area contributed by atoms with Crippen LogP contribution in [-0.2, 0) is 6.54 Å². The number of aromatic nitrogens is 3. The van der Waals surface area contributed by atoms with E-state index in [2.05, 4.69) is 93.7 Å². The Morgan fingerprint density at radius 3 is 2.45 bits per heavy atom. The van der Waals surface area contributed by atoms with Gasteiger partial charge in [-0.15, -0.1) is 0 Å². The molecular weight excluding hydrogens is 356 g/mol. The lowest BCUT2D eigenvalue weighted by atomic mass is 10.0. The molecule has 1 fully saturated rings. The Balaban J connectivity index is 1.29. The molecule has 1 aliphatic rings. The van der Waals surface area contributed by atoms with E-state index in [1.165, 1.54) is 40.9 Å². The van der Waals surface area contributed by atoms with Gasteiger partial charge < -0.3 is 9.13 Å². The molecule has 0 atom stereocenters. The monoisotopic (exact) mass is 384 g/mol. The molecule has 0 bridgehead atoms. The summed E-state index contributed by atoms with van der Waals surface area (Å²) in [6, 6.07) is 19.7. The molecule has 2 aromatic carbocycles. The van der Waals surface area contributed by atoms with Crippen molar-refractivity contribution in [2.45, 2.75) is 39.3 Å². The Labute approximate surface area is 172 Å². The smallest absolute Gasteiger partial charge is 0.0960 e. The van der Waals surface area contributed by atoms with E-state index in [1.54, 1.807) is 0 Å². The minimum atomic E-state index is 0.551. The van der Waals surface area contributed by atoms with Gasteiger partial charge in [-0.25, -0.2) is 4.98 Å². The lowest BCUT2D eigenvalue weighted by molar-refractivity contribution is 0.181. The van der Waals surface area contributed by atoms with Crippen molar-refractivity contribution < 1.29 is 0 Å². The molecule has 0 spiro atoms. The summed E-state index contributed by atoms with van der Waals surface area (Å²) in [6.45, 7) is 7.79. The van der Waals surface area contributed by atoms with Gasteiger partial charge in [-0.3, -0.25) is 4.90 Å². The molecule has 4 aromatic rings. The van der Waals surface area contributed by atoms with E-state index in [9.17, 15) is 0 Å². The van der Waals surface area contributed by atoms with Gasteiger partial charge in [-0.05, 0) is 62.1 Å². The lowest BCUT2D eigenvalue weighted by Gasteiger charge is -2.33. The Kier molecular flexibility index (Phi) is 4.72. The summed E-state index contributed by atoms with van der Waals surface area (Å²) in [4.78, 5) is 7.19. The van der Waals surface area contributed by atoms with E-state index in [4.69, 9.17) is 0 Å². The molecule has 0 amide bonds. The van der Waals surface area contributed by atoms with Crippen LogP contribution < -0.4 is 0 Å². The third-order valence-corrected chi connectivity index (χ3v) is 6.44. The number of aryl methyl sites for hydroxylation is 1. The van der Waals surface area contributed by atoms with E-state index in [-0.39, 0.29) is 0 Å². The van der Waals surface area contributed by atoms with Crippen molar-refractivity contribution in [3.8, 4) is 5.69 Å². The molecular formula is C25H28N4. The molecule has 0 aliphatic carbocycles. The first kappa shape index (κ1) is 18.2. The number of hydrogen-bond acceptors (Lipinski definition) is 2. The molecule has 1 saturated heterocycles. The molecule has 148 valence electrons. The second kappa shape index (κ2) is 7.53. The first-order valence-electron chi connectivity index (χ1n) is 10.6. The number of benzene rings is 2. The van der Waals surface area contributed by atoms with Crippen LogP contribution in [0.25, 0.3) is 16.7 Å². The second-order valence-electron chi connectivity index (χ2n) is 8.23. The Bertz CT molecular complexity index is 1110. The molecule has 0 N–H and O–H groups in total. The van der Waals surface area contributed by atoms with Crippen molar-refractivity contribution in [3.63, 3.8) is 0 Å². The van der Waals surface area contributed by atoms with Gasteiger partial charge in [-0.2, -0.15) is 0 Å². The number of piperidine rings is 1. The molecule has 0 unspecified atom stereocenters. The molecule has 5 rings (SSSR count). The first-order valence-corrected chi connectivity index (χ1v) is 10.6. The predicted molar refractivity (Wildman–Crippen MR) is 119 cm³/mol. The van der Waals surface area contributed by atoms with Crippen LogP contribution in [0.15, 0.2) is 67.1 Å². The fourth-order valence-corrected chi connectivity index (χ4v) is 4.74. The maximum atomic E-state index is 4.58. The lowest BCUT2D eigenvalue weighted by Crippen LogP contribution is -2.34. The summed E-state index contributed by atoms with van der Waals surface area (Å²) in [5, 5.41) is 0. The summed E-state index contributed by atoms with van der Waals surface area (Å²) in [5.41, 5.74) is 7.82. The van der Waals surface area contributed by atoms with Gasteiger partial charge >= 0.3 is 0 Å². The minimum absolute atomic E-state index is 0.551. The van der Waals surface area contributed by atoms with Crippen molar-refractivity contribution in [3.05, 3.63) is 83.9 Å². The molecule has 3 heterocycles. The number of nitrogens with zero attached hydrogens (tertiary/aromatic N) is 4. The predicted octanol–water partition coefficient (Wildman–Crippen LogP) is 5.28. The largest absolute Gasteiger partial charge is 0.327 e. The molecule has 0 saturated carbocycles. The van der Waals surface area contributed by atoms with Crippen LogP contribution in [0.5, 0.6) is 0 Å². The van der Waals surface area contributed by atoms with E-state index in [0.29, 0.717) is 6.04 Å². The average molecular weight is 385 g/mol. The van der Waals surface area contributed by atoms with Gasteiger partial charge in [0, 0.05) is 43.3 Å². The minimum Gasteiger partial charge on any atom is -0.327 e. The normalized spacial score (nSPS) is 15.9. The Hall–Kier alpha value is -2.85. The third-order valence-electron chi connectivity index (χ3n) is 6.44. The zero-order valence-electron chi connectivity index (χ0n) is 17.3. The standard InChI is InChI=1S/C25H28N4/c1-19-16-28(21-8-4-3-5-9-21)20(2)23(19)17-27-14-12-22(13-15-27)29-18-26-24-10-6-7-11-25(24)29/h3-11,16,18,22H,12-15,17H2,1-2H3. The second-order valence-corrected chi connectivity index (χ2v) is 8.23. The van der Waals surface area contributed by atoms with E-state index >= 15 is 0 Å². The zero-order chi connectivity index (χ0) is 19.8. The number of para-hydroxylation sites is 3. The average Bonchev–Trinajstić information content (AvgIpc) is 3.31. The summed E-state index contributed by atoms with van der Waals surface area (Å²) >= 11 is 0. The van der Waals surface area contributed by atoms with Crippen LogP contribution in [0.1, 0.15) is 35.7 Å². The van der Waals surface area contributed by atoms with Crippen LogP contribution in [-0.4, -0.2) is 32.1 Å². The van der Waals surface area contributed by atoms with Crippen LogP contribution in [0.3, 0.4) is 0 Å². The van der Waals surface area contributed by atoms with Crippen LogP contribution >= 0.6 is 0 Å². The highest BCUT2D eigenvalue weighted by molar-refractivity contribution is 5.75. The van der Waals surface area contributed by atoms with Crippen molar-refractivity contribution in [1.29, 1.82) is 0 Å². The van der Waals surface area contributed by atoms with Gasteiger partial charge in [0.25, 0.3) is 0 Å². The number of fused-ring (bicyclic) bond motifs is 1.